The van der Waals surface area contributed by atoms with E-state index in [4.69, 9.17) is 33.5 Å². The van der Waals surface area contributed by atoms with Gasteiger partial charge >= 0.3 is 0 Å². The van der Waals surface area contributed by atoms with E-state index in [9.17, 15) is 0 Å². The van der Waals surface area contributed by atoms with Crippen molar-refractivity contribution in [2.24, 2.45) is 0 Å². The Morgan fingerprint density at radius 2 is 1.94 bits per heavy atom. The number of hydrogen-bond donors (Lipinski definition) is 1. The molecule has 2 aromatic rings. The van der Waals surface area contributed by atoms with Gasteiger partial charge in [-0.15, -0.1) is 0 Å². The van der Waals surface area contributed by atoms with Gasteiger partial charge in [-0.05, 0) is 18.6 Å². The van der Waals surface area contributed by atoms with E-state index in [1.807, 2.05) is 0 Å². The summed E-state index contributed by atoms with van der Waals surface area (Å²) in [5.41, 5.74) is 7.29. The van der Waals surface area contributed by atoms with Crippen LogP contribution < -0.4 is 5.73 Å². The number of halogens is 2. The first-order chi connectivity index (χ1) is 8.15. The molecule has 0 atom stereocenters. The quantitative estimate of drug-likeness (QED) is 0.910. The fraction of sp³-hybridized carbons (Fsp3) is 0.250. The Morgan fingerprint density at radius 1 is 1.29 bits per heavy atom. The van der Waals surface area contributed by atoms with Crippen LogP contribution >= 0.6 is 23.2 Å². The van der Waals surface area contributed by atoms with Crippen LogP contribution in [0.25, 0.3) is 11.3 Å². The fourth-order valence-corrected chi connectivity index (χ4v) is 2.29. The molecule has 0 spiro atoms. The number of benzene rings is 1. The van der Waals surface area contributed by atoms with Crippen molar-refractivity contribution in [3.05, 3.63) is 33.8 Å². The summed E-state index contributed by atoms with van der Waals surface area (Å²) in [5, 5.41) is 4.85. The predicted molar refractivity (Wildman–Crippen MR) is 70.4 cm³/mol. The third-order valence-electron chi connectivity index (χ3n) is 2.51. The second-order valence-corrected chi connectivity index (χ2v) is 4.54. The molecule has 0 saturated carbocycles. The van der Waals surface area contributed by atoms with Crippen LogP contribution in [0.1, 0.15) is 18.9 Å². The zero-order chi connectivity index (χ0) is 12.4. The van der Waals surface area contributed by atoms with Crippen LogP contribution in [0.5, 0.6) is 0 Å². The van der Waals surface area contributed by atoms with E-state index in [0.717, 1.165) is 18.4 Å². The first-order valence-electron chi connectivity index (χ1n) is 5.33. The molecule has 1 heterocycles. The van der Waals surface area contributed by atoms with Crippen molar-refractivity contribution in [2.75, 3.05) is 5.73 Å². The summed E-state index contributed by atoms with van der Waals surface area (Å²) in [6.45, 7) is 2.06. The molecule has 0 amide bonds. The lowest BCUT2D eigenvalue weighted by molar-refractivity contribution is 0.435. The molecule has 0 aliphatic rings. The molecule has 2 N–H and O–H groups in total. The molecule has 90 valence electrons. The molecular weight excluding hydrogens is 259 g/mol. The van der Waals surface area contributed by atoms with Crippen molar-refractivity contribution >= 4 is 29.0 Å². The maximum absolute atomic E-state index is 6.13. The molecule has 0 saturated heterocycles. The maximum atomic E-state index is 6.13. The minimum atomic E-state index is 0.401. The number of rotatable bonds is 3. The number of anilines is 1. The molecule has 3 nitrogen and oxygen atoms in total. The lowest BCUT2D eigenvalue weighted by atomic mass is 10.0. The van der Waals surface area contributed by atoms with E-state index >= 15 is 0 Å². The molecule has 0 aliphatic heterocycles. The summed E-state index contributed by atoms with van der Waals surface area (Å²) in [5.74, 6) is 0.970. The molecular formula is C12H12Cl2N2O. The zero-order valence-corrected chi connectivity index (χ0v) is 10.8. The smallest absolute Gasteiger partial charge is 0.175 e. The van der Waals surface area contributed by atoms with E-state index in [0.29, 0.717) is 27.2 Å². The van der Waals surface area contributed by atoms with Crippen LogP contribution in [0, 0.1) is 0 Å². The minimum Gasteiger partial charge on any atom is -0.381 e. The van der Waals surface area contributed by atoms with Gasteiger partial charge < -0.3 is 10.3 Å². The Balaban J connectivity index is 2.60. The van der Waals surface area contributed by atoms with E-state index in [2.05, 4.69) is 12.1 Å². The highest BCUT2D eigenvalue weighted by Gasteiger charge is 2.19. The van der Waals surface area contributed by atoms with Gasteiger partial charge in [0.25, 0.3) is 0 Å². The molecule has 17 heavy (non-hydrogen) atoms. The van der Waals surface area contributed by atoms with Crippen molar-refractivity contribution in [3.63, 3.8) is 0 Å². The largest absolute Gasteiger partial charge is 0.381 e. The van der Waals surface area contributed by atoms with E-state index < -0.39 is 0 Å². The van der Waals surface area contributed by atoms with Gasteiger partial charge in [0.15, 0.2) is 11.6 Å². The SMILES string of the molecule is CCCc1c(N)noc1-c1c(Cl)cccc1Cl. The third kappa shape index (κ3) is 2.26. The summed E-state index contributed by atoms with van der Waals surface area (Å²) in [6, 6.07) is 5.31. The topological polar surface area (TPSA) is 52.0 Å². The summed E-state index contributed by atoms with van der Waals surface area (Å²) in [7, 11) is 0. The number of nitrogens with zero attached hydrogens (tertiary/aromatic N) is 1. The third-order valence-corrected chi connectivity index (χ3v) is 3.14. The Kier molecular flexibility index (Phi) is 3.60. The monoisotopic (exact) mass is 270 g/mol. The number of nitrogens with two attached hydrogens (primary N) is 1. The fourth-order valence-electron chi connectivity index (χ4n) is 1.72. The molecule has 0 fully saturated rings. The summed E-state index contributed by atoms with van der Waals surface area (Å²) >= 11 is 12.3. The average Bonchev–Trinajstić information content (AvgIpc) is 2.62. The number of aromatic nitrogens is 1. The Hall–Kier alpha value is -1.19. The molecule has 0 radical (unpaired) electrons. The standard InChI is InChI=1S/C12H12Cl2N2O/c1-2-4-7-11(17-16-12(7)15)10-8(13)5-3-6-9(10)14/h3,5-6H,2,4H2,1H3,(H2,15,16). The van der Waals surface area contributed by atoms with Crippen LogP contribution in [0.3, 0.4) is 0 Å². The lowest BCUT2D eigenvalue weighted by Gasteiger charge is -2.05. The molecule has 1 aromatic heterocycles. The van der Waals surface area contributed by atoms with Crippen LogP contribution in [0.4, 0.5) is 5.82 Å². The van der Waals surface area contributed by atoms with Crippen molar-refractivity contribution in [1.82, 2.24) is 5.16 Å². The highest BCUT2D eigenvalue weighted by atomic mass is 35.5. The van der Waals surface area contributed by atoms with Gasteiger partial charge in [0.05, 0.1) is 15.6 Å². The van der Waals surface area contributed by atoms with Crippen molar-refractivity contribution in [2.45, 2.75) is 19.8 Å². The molecule has 0 bridgehead atoms. The predicted octanol–water partition coefficient (Wildman–Crippen LogP) is 4.18. The number of hydrogen-bond acceptors (Lipinski definition) is 3. The maximum Gasteiger partial charge on any atom is 0.175 e. The van der Waals surface area contributed by atoms with Crippen molar-refractivity contribution < 1.29 is 4.52 Å². The van der Waals surface area contributed by atoms with E-state index in [1.165, 1.54) is 0 Å². The van der Waals surface area contributed by atoms with Crippen LogP contribution in [-0.4, -0.2) is 5.16 Å². The van der Waals surface area contributed by atoms with Gasteiger partial charge in [-0.1, -0.05) is 47.8 Å². The van der Waals surface area contributed by atoms with E-state index in [-0.39, 0.29) is 0 Å². The highest BCUT2D eigenvalue weighted by Crippen LogP contribution is 2.38. The molecule has 0 unspecified atom stereocenters. The van der Waals surface area contributed by atoms with Gasteiger partial charge in [-0.3, -0.25) is 0 Å². The van der Waals surface area contributed by atoms with Crippen molar-refractivity contribution in [1.29, 1.82) is 0 Å². The van der Waals surface area contributed by atoms with Gasteiger partial charge in [-0.25, -0.2) is 0 Å². The first kappa shape index (κ1) is 12.3. The second kappa shape index (κ2) is 4.98. The van der Waals surface area contributed by atoms with Crippen molar-refractivity contribution in [3.8, 4) is 11.3 Å². The zero-order valence-electron chi connectivity index (χ0n) is 9.34. The van der Waals surface area contributed by atoms with Gasteiger partial charge in [-0.2, -0.15) is 0 Å². The average molecular weight is 271 g/mol. The second-order valence-electron chi connectivity index (χ2n) is 3.72. The van der Waals surface area contributed by atoms with Crippen LogP contribution in [-0.2, 0) is 6.42 Å². The molecule has 5 heteroatoms. The lowest BCUT2D eigenvalue weighted by Crippen LogP contribution is -1.93. The molecule has 0 aliphatic carbocycles. The first-order valence-corrected chi connectivity index (χ1v) is 6.09. The van der Waals surface area contributed by atoms with Crippen LogP contribution in [0.2, 0.25) is 10.0 Å². The highest BCUT2D eigenvalue weighted by molar-refractivity contribution is 6.39. The Labute approximate surface area is 109 Å². The van der Waals surface area contributed by atoms with Gasteiger partial charge in [0, 0.05) is 5.56 Å². The van der Waals surface area contributed by atoms with Crippen LogP contribution in [0.15, 0.2) is 22.7 Å². The minimum absolute atomic E-state index is 0.401. The summed E-state index contributed by atoms with van der Waals surface area (Å²) in [6.07, 6.45) is 1.73. The Bertz CT molecular complexity index is 517. The number of nitrogen functional groups attached to an aromatic ring is 1. The molecule has 2 rings (SSSR count). The van der Waals surface area contributed by atoms with Gasteiger partial charge in [0.2, 0.25) is 0 Å². The summed E-state index contributed by atoms with van der Waals surface area (Å²) < 4.78 is 5.25. The molecule has 1 aromatic carbocycles. The normalized spacial score (nSPS) is 10.8. The van der Waals surface area contributed by atoms with Gasteiger partial charge in [0.1, 0.15) is 0 Å². The van der Waals surface area contributed by atoms with E-state index in [1.54, 1.807) is 18.2 Å². The summed E-state index contributed by atoms with van der Waals surface area (Å²) in [4.78, 5) is 0. The Morgan fingerprint density at radius 3 is 2.53 bits per heavy atom.